The van der Waals surface area contributed by atoms with Gasteiger partial charge in [-0.2, -0.15) is 0 Å². The second-order valence-electron chi connectivity index (χ2n) is 1.21. The Labute approximate surface area is 43.5 Å². The van der Waals surface area contributed by atoms with Gasteiger partial charge in [0.15, 0.2) is 0 Å². The lowest BCUT2D eigenvalue weighted by Crippen LogP contribution is -2.18. The topological polar surface area (TPSA) is 26.0 Å². The lowest BCUT2D eigenvalue weighted by Gasteiger charge is -1.93. The third kappa shape index (κ3) is 2.30. The van der Waals surface area contributed by atoms with Crippen molar-refractivity contribution in [3.8, 4) is 0 Å². The molecule has 1 atom stereocenters. The van der Waals surface area contributed by atoms with E-state index in [0.29, 0.717) is 0 Å². The highest BCUT2D eigenvalue weighted by atomic mass is 32.1. The fraction of sp³-hybridized carbons (Fsp3) is 0.750. The molecule has 6 heavy (non-hydrogen) atoms. The maximum absolute atomic E-state index is 5.31. The highest BCUT2D eigenvalue weighted by Crippen LogP contribution is 1.77. The Morgan fingerprint density at radius 3 is 2.50 bits per heavy atom. The lowest BCUT2D eigenvalue weighted by atomic mass is 10.3. The van der Waals surface area contributed by atoms with E-state index < -0.39 is 0 Å². The van der Waals surface area contributed by atoms with Crippen LogP contribution in [0.5, 0.6) is 0 Å². The summed E-state index contributed by atoms with van der Waals surface area (Å²) >= 11 is 4.52. The molecule has 36 valence electrons. The van der Waals surface area contributed by atoms with Crippen molar-refractivity contribution in [2.75, 3.05) is 0 Å². The molecule has 2 heteroatoms. The van der Waals surface area contributed by atoms with Gasteiger partial charge in [-0.3, -0.25) is 0 Å². The molecule has 0 aromatic heterocycles. The van der Waals surface area contributed by atoms with E-state index in [-0.39, 0.29) is 6.04 Å². The van der Waals surface area contributed by atoms with Crippen molar-refractivity contribution in [2.45, 2.75) is 19.4 Å². The van der Waals surface area contributed by atoms with E-state index in [9.17, 15) is 0 Å². The second-order valence-corrected chi connectivity index (χ2v) is 1.48. The first kappa shape index (κ1) is 6.05. The van der Waals surface area contributed by atoms with Crippen LogP contribution in [0.1, 0.15) is 13.3 Å². The third-order valence-electron chi connectivity index (χ3n) is 0.646. The first-order valence-corrected chi connectivity index (χ1v) is 2.49. The van der Waals surface area contributed by atoms with Crippen LogP contribution in [0.25, 0.3) is 0 Å². The average molecular weight is 103 g/mol. The Bertz CT molecular complexity index is 44.8. The van der Waals surface area contributed by atoms with Crippen molar-refractivity contribution < 1.29 is 0 Å². The molecule has 0 aliphatic rings. The molecule has 0 fully saturated rings. The Morgan fingerprint density at radius 1 is 2.00 bits per heavy atom. The monoisotopic (exact) mass is 103 g/mol. The van der Waals surface area contributed by atoms with Gasteiger partial charge in [0.1, 0.15) is 0 Å². The minimum atomic E-state index is 0.125. The fourth-order valence-corrected chi connectivity index (χ4v) is 0.289. The van der Waals surface area contributed by atoms with Gasteiger partial charge in [0.2, 0.25) is 0 Å². The Hall–Kier alpha value is 0.0500. The SMILES string of the molecule is CCC(N)C=S. The van der Waals surface area contributed by atoms with Crippen molar-refractivity contribution in [1.82, 2.24) is 0 Å². The number of thiocarbonyl (C=S) groups is 1. The average Bonchev–Trinajstić information content (AvgIpc) is 1.65. The minimum absolute atomic E-state index is 0.125. The number of hydrogen-bond acceptors (Lipinski definition) is 2. The molecule has 0 bridgehead atoms. The molecule has 0 aromatic rings. The Balaban J connectivity index is 2.96. The molecule has 0 saturated heterocycles. The van der Waals surface area contributed by atoms with Gasteiger partial charge in [0.25, 0.3) is 0 Å². The summed E-state index contributed by atoms with van der Waals surface area (Å²) in [6.45, 7) is 2.01. The molecular weight excluding hydrogens is 94.1 g/mol. The normalized spacial score (nSPS) is 13.7. The maximum Gasteiger partial charge on any atom is 0.0325 e. The van der Waals surface area contributed by atoms with Crippen LogP contribution < -0.4 is 5.73 Å². The van der Waals surface area contributed by atoms with Crippen LogP contribution in [0, 0.1) is 0 Å². The van der Waals surface area contributed by atoms with E-state index >= 15 is 0 Å². The molecular formula is C4H9NS. The highest BCUT2D eigenvalue weighted by molar-refractivity contribution is 7.79. The fourth-order valence-electron chi connectivity index (χ4n) is 0.0962. The zero-order valence-electron chi connectivity index (χ0n) is 3.85. The number of rotatable bonds is 2. The van der Waals surface area contributed by atoms with Gasteiger partial charge in [-0.1, -0.05) is 19.1 Å². The summed E-state index contributed by atoms with van der Waals surface area (Å²) in [6, 6.07) is 0.125. The standard InChI is InChI=1S/C4H9NS/c1-2-4(5)3-6/h3-4H,2,5H2,1H3. The summed E-state index contributed by atoms with van der Waals surface area (Å²) < 4.78 is 0. The number of nitrogens with two attached hydrogens (primary N) is 1. The van der Waals surface area contributed by atoms with E-state index in [1.54, 1.807) is 5.37 Å². The minimum Gasteiger partial charge on any atom is -0.324 e. The Morgan fingerprint density at radius 2 is 2.50 bits per heavy atom. The second kappa shape index (κ2) is 3.25. The van der Waals surface area contributed by atoms with E-state index in [2.05, 4.69) is 12.2 Å². The molecule has 0 rings (SSSR count). The van der Waals surface area contributed by atoms with Gasteiger partial charge in [-0.15, -0.1) is 0 Å². The number of hydrogen-bond donors (Lipinski definition) is 1. The molecule has 1 nitrogen and oxygen atoms in total. The Kier molecular flexibility index (Phi) is 3.28. The van der Waals surface area contributed by atoms with E-state index in [1.807, 2.05) is 6.92 Å². The molecule has 0 spiro atoms. The van der Waals surface area contributed by atoms with Crippen molar-refractivity contribution in [1.29, 1.82) is 0 Å². The van der Waals surface area contributed by atoms with E-state index in [4.69, 9.17) is 5.73 Å². The van der Waals surface area contributed by atoms with Crippen LogP contribution in [-0.4, -0.2) is 11.4 Å². The van der Waals surface area contributed by atoms with Crippen LogP contribution >= 0.6 is 12.2 Å². The van der Waals surface area contributed by atoms with Crippen molar-refractivity contribution in [3.05, 3.63) is 0 Å². The predicted octanol–water partition coefficient (Wildman–Crippen LogP) is 0.723. The van der Waals surface area contributed by atoms with Gasteiger partial charge < -0.3 is 5.73 Å². The predicted molar refractivity (Wildman–Crippen MR) is 31.9 cm³/mol. The smallest absolute Gasteiger partial charge is 0.0325 e. The molecule has 1 unspecified atom stereocenters. The summed E-state index contributed by atoms with van der Waals surface area (Å²) in [6.07, 6.45) is 0.948. The first-order valence-electron chi connectivity index (χ1n) is 2.02. The maximum atomic E-state index is 5.31. The molecule has 0 saturated carbocycles. The zero-order chi connectivity index (χ0) is 4.99. The van der Waals surface area contributed by atoms with Crippen LogP contribution in [0.4, 0.5) is 0 Å². The molecule has 0 aromatic carbocycles. The molecule has 0 heterocycles. The van der Waals surface area contributed by atoms with Gasteiger partial charge in [-0.25, -0.2) is 0 Å². The lowest BCUT2D eigenvalue weighted by molar-refractivity contribution is 0.841. The summed E-state index contributed by atoms with van der Waals surface area (Å²) in [7, 11) is 0. The van der Waals surface area contributed by atoms with Crippen LogP contribution in [0.2, 0.25) is 0 Å². The third-order valence-corrected chi connectivity index (χ3v) is 0.996. The van der Waals surface area contributed by atoms with Crippen LogP contribution in [0.3, 0.4) is 0 Å². The summed E-state index contributed by atoms with van der Waals surface area (Å²) in [5, 5.41) is 1.58. The highest BCUT2D eigenvalue weighted by Gasteiger charge is 1.85. The summed E-state index contributed by atoms with van der Waals surface area (Å²) in [5.41, 5.74) is 5.31. The molecule has 0 amide bonds. The van der Waals surface area contributed by atoms with Crippen molar-refractivity contribution in [2.24, 2.45) is 5.73 Å². The van der Waals surface area contributed by atoms with Gasteiger partial charge in [0, 0.05) is 6.04 Å². The van der Waals surface area contributed by atoms with Crippen molar-refractivity contribution in [3.63, 3.8) is 0 Å². The van der Waals surface area contributed by atoms with Gasteiger partial charge in [0.05, 0.1) is 0 Å². The quantitative estimate of drug-likeness (QED) is 0.521. The van der Waals surface area contributed by atoms with Crippen LogP contribution in [0.15, 0.2) is 0 Å². The summed E-state index contributed by atoms with van der Waals surface area (Å²) in [4.78, 5) is 0. The van der Waals surface area contributed by atoms with E-state index in [0.717, 1.165) is 6.42 Å². The molecule has 0 aliphatic heterocycles. The van der Waals surface area contributed by atoms with Crippen LogP contribution in [-0.2, 0) is 0 Å². The molecule has 2 N–H and O–H groups in total. The largest absolute Gasteiger partial charge is 0.324 e. The zero-order valence-corrected chi connectivity index (χ0v) is 4.66. The molecule has 0 aliphatic carbocycles. The molecule has 0 radical (unpaired) electrons. The van der Waals surface area contributed by atoms with Crippen molar-refractivity contribution >= 4 is 17.6 Å². The van der Waals surface area contributed by atoms with Gasteiger partial charge >= 0.3 is 0 Å². The summed E-state index contributed by atoms with van der Waals surface area (Å²) in [5.74, 6) is 0. The van der Waals surface area contributed by atoms with E-state index in [1.165, 1.54) is 0 Å². The van der Waals surface area contributed by atoms with Gasteiger partial charge in [-0.05, 0) is 11.8 Å². The first-order chi connectivity index (χ1) is 2.81.